The molecule has 0 radical (unpaired) electrons. The molecule has 0 bridgehead atoms. The van der Waals surface area contributed by atoms with Gasteiger partial charge in [-0.25, -0.2) is 0 Å². The number of aliphatic hydroxyl groups excluding tert-OH is 1. The van der Waals surface area contributed by atoms with Crippen molar-refractivity contribution < 1.29 is 10.2 Å². The number of phenols is 1. The molecule has 0 spiro atoms. The summed E-state index contributed by atoms with van der Waals surface area (Å²) in [5.41, 5.74) is 6.43. The lowest BCUT2D eigenvalue weighted by Gasteiger charge is -2.05. The summed E-state index contributed by atoms with van der Waals surface area (Å²) in [7, 11) is 0. The summed E-state index contributed by atoms with van der Waals surface area (Å²) >= 11 is 0.997. The molecule has 1 unspecified atom stereocenters. The molecule has 0 saturated heterocycles. The van der Waals surface area contributed by atoms with E-state index in [4.69, 9.17) is 10.8 Å². The van der Waals surface area contributed by atoms with Crippen molar-refractivity contribution in [3.8, 4) is 5.75 Å². The van der Waals surface area contributed by atoms with Crippen LogP contribution in [0.4, 0.5) is 0 Å². The lowest BCUT2D eigenvalue weighted by atomic mass is 10.1. The van der Waals surface area contributed by atoms with E-state index >= 15 is 0 Å². The zero-order chi connectivity index (χ0) is 11.0. The van der Waals surface area contributed by atoms with Gasteiger partial charge in [-0.3, -0.25) is 4.79 Å². The fourth-order valence-corrected chi connectivity index (χ4v) is 2.34. The third-order valence-corrected chi connectivity index (χ3v) is 3.03. The topological polar surface area (TPSA) is 99.3 Å². The molecule has 7 heteroatoms. The number of aromatic nitrogens is 1. The molecule has 1 heterocycles. The standard InChI is InChI=1S/C9H10N2O3S.ClH/c10-6(13)3-4-1-2-5(12)7-8(4)15-9(14)11-7;/h1-2,6,12-13H,3,10H2,(H,11,14);1H. The Morgan fingerprint density at radius 1 is 1.50 bits per heavy atom. The number of thiazole rings is 1. The Hall–Kier alpha value is -1.08. The van der Waals surface area contributed by atoms with Crippen LogP contribution in [0.25, 0.3) is 10.2 Å². The van der Waals surface area contributed by atoms with Gasteiger partial charge in [0.15, 0.2) is 0 Å². The van der Waals surface area contributed by atoms with Gasteiger partial charge < -0.3 is 20.9 Å². The molecule has 88 valence electrons. The number of phenolic OH excluding ortho intramolecular Hbond substituents is 1. The molecule has 0 aliphatic carbocycles. The van der Waals surface area contributed by atoms with E-state index in [1.165, 1.54) is 6.07 Å². The first-order chi connectivity index (χ1) is 7.08. The molecule has 0 fully saturated rings. The van der Waals surface area contributed by atoms with Crippen LogP contribution in [0.1, 0.15) is 5.56 Å². The highest BCUT2D eigenvalue weighted by Crippen LogP contribution is 2.28. The Kier molecular flexibility index (Phi) is 3.93. The van der Waals surface area contributed by atoms with E-state index in [0.29, 0.717) is 10.2 Å². The van der Waals surface area contributed by atoms with Crippen LogP contribution >= 0.6 is 23.7 Å². The summed E-state index contributed by atoms with van der Waals surface area (Å²) in [6, 6.07) is 3.13. The lowest BCUT2D eigenvalue weighted by Crippen LogP contribution is -2.21. The molecule has 0 aliphatic heterocycles. The number of halogens is 1. The number of nitrogens with two attached hydrogens (primary N) is 1. The zero-order valence-corrected chi connectivity index (χ0v) is 9.77. The minimum Gasteiger partial charge on any atom is -0.506 e. The number of hydrogen-bond acceptors (Lipinski definition) is 5. The molecule has 2 aromatic rings. The van der Waals surface area contributed by atoms with Crippen LogP contribution in [-0.2, 0) is 6.42 Å². The molecule has 5 N–H and O–H groups in total. The summed E-state index contributed by atoms with van der Waals surface area (Å²) < 4.78 is 0.643. The predicted molar refractivity (Wildman–Crippen MR) is 65.3 cm³/mol. The van der Waals surface area contributed by atoms with Gasteiger partial charge in [0.1, 0.15) is 17.5 Å². The monoisotopic (exact) mass is 262 g/mol. The van der Waals surface area contributed by atoms with Gasteiger partial charge >= 0.3 is 4.87 Å². The molecule has 16 heavy (non-hydrogen) atoms. The summed E-state index contributed by atoms with van der Waals surface area (Å²) in [6.07, 6.45) is -0.708. The van der Waals surface area contributed by atoms with Crippen LogP contribution in [-0.4, -0.2) is 21.4 Å². The zero-order valence-electron chi connectivity index (χ0n) is 8.14. The lowest BCUT2D eigenvalue weighted by molar-refractivity contribution is 0.183. The molecular weight excluding hydrogens is 252 g/mol. The van der Waals surface area contributed by atoms with Gasteiger partial charge in [0.25, 0.3) is 0 Å². The van der Waals surface area contributed by atoms with Crippen molar-refractivity contribution in [2.75, 3.05) is 0 Å². The number of aromatic hydroxyl groups is 1. The molecule has 5 nitrogen and oxygen atoms in total. The average Bonchev–Trinajstić information content (AvgIpc) is 2.52. The van der Waals surface area contributed by atoms with Gasteiger partial charge in [-0.05, 0) is 11.6 Å². The maximum Gasteiger partial charge on any atom is 0.305 e. The number of hydrogen-bond donors (Lipinski definition) is 4. The Balaban J connectivity index is 0.00000128. The van der Waals surface area contributed by atoms with E-state index < -0.39 is 6.23 Å². The van der Waals surface area contributed by atoms with Gasteiger partial charge in [0, 0.05) is 6.42 Å². The minimum absolute atomic E-state index is 0. The fourth-order valence-electron chi connectivity index (χ4n) is 1.46. The summed E-state index contributed by atoms with van der Waals surface area (Å²) in [6.45, 7) is 0. The second kappa shape index (κ2) is 4.84. The predicted octanol–water partition coefficient (Wildman–Crippen LogP) is 0.537. The summed E-state index contributed by atoms with van der Waals surface area (Å²) in [5, 5.41) is 18.6. The summed E-state index contributed by atoms with van der Waals surface area (Å²) in [4.78, 5) is 13.4. The molecule has 0 saturated carbocycles. The quantitative estimate of drug-likeness (QED) is 0.594. The molecular formula is C9H11ClN2O3S. The number of benzene rings is 1. The third kappa shape index (κ3) is 2.35. The Bertz CT molecular complexity index is 549. The fraction of sp³-hybridized carbons (Fsp3) is 0.222. The Morgan fingerprint density at radius 3 is 2.81 bits per heavy atom. The summed E-state index contributed by atoms with van der Waals surface area (Å²) in [5.74, 6) is 0.0265. The Labute approximate surface area is 101 Å². The highest BCUT2D eigenvalue weighted by atomic mass is 35.5. The van der Waals surface area contributed by atoms with Gasteiger partial charge in [-0.15, -0.1) is 12.4 Å². The highest BCUT2D eigenvalue weighted by molar-refractivity contribution is 7.16. The van der Waals surface area contributed by atoms with Crippen LogP contribution in [0.5, 0.6) is 5.75 Å². The van der Waals surface area contributed by atoms with Crippen LogP contribution in [0.2, 0.25) is 0 Å². The second-order valence-corrected chi connectivity index (χ2v) is 4.22. The second-order valence-electron chi connectivity index (χ2n) is 3.23. The van der Waals surface area contributed by atoms with Crippen LogP contribution < -0.4 is 10.6 Å². The number of aliphatic hydroxyl groups is 1. The number of aromatic amines is 1. The molecule has 1 atom stereocenters. The molecule has 1 aromatic heterocycles. The maximum atomic E-state index is 11.1. The number of fused-ring (bicyclic) bond motifs is 1. The van der Waals surface area contributed by atoms with Gasteiger partial charge in [-0.1, -0.05) is 17.4 Å². The van der Waals surface area contributed by atoms with E-state index in [1.54, 1.807) is 6.07 Å². The van der Waals surface area contributed by atoms with Gasteiger partial charge in [0.2, 0.25) is 0 Å². The first kappa shape index (κ1) is 13.0. The number of rotatable bonds is 2. The van der Waals surface area contributed by atoms with E-state index in [0.717, 1.165) is 16.9 Å². The van der Waals surface area contributed by atoms with Crippen molar-refractivity contribution in [1.29, 1.82) is 0 Å². The first-order valence-corrected chi connectivity index (χ1v) is 5.17. The van der Waals surface area contributed by atoms with Crippen molar-refractivity contribution in [2.24, 2.45) is 5.73 Å². The maximum absolute atomic E-state index is 11.1. The normalized spacial score (nSPS) is 12.4. The van der Waals surface area contributed by atoms with Crippen LogP contribution in [0.15, 0.2) is 16.9 Å². The van der Waals surface area contributed by atoms with Crippen molar-refractivity contribution >= 4 is 34.0 Å². The Morgan fingerprint density at radius 2 is 2.19 bits per heavy atom. The average molecular weight is 263 g/mol. The SMILES string of the molecule is Cl.NC(O)Cc1ccc(O)c2[nH]c(=O)sc12. The van der Waals surface area contributed by atoms with Gasteiger partial charge in [-0.2, -0.15) is 0 Å². The largest absolute Gasteiger partial charge is 0.506 e. The van der Waals surface area contributed by atoms with Gasteiger partial charge in [0.05, 0.1) is 4.70 Å². The molecule has 1 aromatic carbocycles. The van der Waals surface area contributed by atoms with Crippen LogP contribution in [0.3, 0.4) is 0 Å². The van der Waals surface area contributed by atoms with Crippen LogP contribution in [0, 0.1) is 0 Å². The van der Waals surface area contributed by atoms with Crippen molar-refractivity contribution in [1.82, 2.24) is 4.98 Å². The number of H-pyrrole nitrogens is 1. The van der Waals surface area contributed by atoms with Crippen molar-refractivity contribution in [2.45, 2.75) is 12.6 Å². The van der Waals surface area contributed by atoms with Crippen molar-refractivity contribution in [3.05, 3.63) is 27.4 Å². The molecule has 0 aliphatic rings. The molecule has 2 rings (SSSR count). The van der Waals surface area contributed by atoms with E-state index in [-0.39, 0.29) is 29.5 Å². The van der Waals surface area contributed by atoms with E-state index in [2.05, 4.69) is 4.98 Å². The van der Waals surface area contributed by atoms with Crippen molar-refractivity contribution in [3.63, 3.8) is 0 Å². The highest BCUT2D eigenvalue weighted by Gasteiger charge is 2.10. The van der Waals surface area contributed by atoms with E-state index in [1.807, 2.05) is 0 Å². The number of nitrogens with one attached hydrogen (secondary N) is 1. The molecule has 0 amide bonds. The van der Waals surface area contributed by atoms with E-state index in [9.17, 15) is 9.90 Å². The smallest absolute Gasteiger partial charge is 0.305 e. The first-order valence-electron chi connectivity index (χ1n) is 4.35. The third-order valence-electron chi connectivity index (χ3n) is 2.07. The minimum atomic E-state index is -0.963.